The molecular formula is C19H18FN3O. The van der Waals surface area contributed by atoms with Gasteiger partial charge in [-0.15, -0.1) is 0 Å². The van der Waals surface area contributed by atoms with Crippen LogP contribution < -0.4 is 5.32 Å². The van der Waals surface area contributed by atoms with Crippen LogP contribution in [0.5, 0.6) is 0 Å². The van der Waals surface area contributed by atoms with Crippen molar-refractivity contribution in [3.8, 4) is 0 Å². The predicted octanol–water partition coefficient (Wildman–Crippen LogP) is 4.36. The molecule has 0 fully saturated rings. The third-order valence-electron chi connectivity index (χ3n) is 3.81. The molecule has 0 spiro atoms. The van der Waals surface area contributed by atoms with E-state index < -0.39 is 11.7 Å². The Morgan fingerprint density at radius 2 is 1.88 bits per heavy atom. The summed E-state index contributed by atoms with van der Waals surface area (Å²) in [4.78, 5) is 20.7. The highest BCUT2D eigenvalue weighted by Crippen LogP contribution is 2.19. The molecule has 1 amide bonds. The van der Waals surface area contributed by atoms with E-state index in [0.717, 1.165) is 19.3 Å². The molecule has 3 rings (SSSR count). The predicted molar refractivity (Wildman–Crippen MR) is 92.5 cm³/mol. The van der Waals surface area contributed by atoms with Crippen molar-refractivity contribution < 1.29 is 9.18 Å². The first-order valence-corrected chi connectivity index (χ1v) is 7.98. The maximum atomic E-state index is 13.7. The normalized spacial score (nSPS) is 10.8. The van der Waals surface area contributed by atoms with Gasteiger partial charge in [0.05, 0.1) is 11.1 Å². The van der Waals surface area contributed by atoms with E-state index in [1.54, 1.807) is 0 Å². The Bertz CT molecular complexity index is 862. The first-order chi connectivity index (χ1) is 11.7. The quantitative estimate of drug-likeness (QED) is 0.759. The van der Waals surface area contributed by atoms with E-state index in [-0.39, 0.29) is 5.56 Å². The zero-order valence-electron chi connectivity index (χ0n) is 13.4. The standard InChI is InChI=1S/C19H18FN3O/c1-2-3-4-13-5-7-15(8-6-13)23-19(24)16-11-14(20)12-17-18(16)22-10-9-21-17/h5-12H,2-4H2,1H3,(H,23,24). The molecule has 0 aliphatic carbocycles. The van der Waals surface area contributed by atoms with Gasteiger partial charge in [0.15, 0.2) is 0 Å². The van der Waals surface area contributed by atoms with Crippen LogP contribution in [0.2, 0.25) is 0 Å². The number of fused-ring (bicyclic) bond motifs is 1. The summed E-state index contributed by atoms with van der Waals surface area (Å²) in [5.41, 5.74) is 2.82. The van der Waals surface area contributed by atoms with Crippen molar-refractivity contribution in [1.82, 2.24) is 9.97 Å². The number of anilines is 1. The van der Waals surface area contributed by atoms with Gasteiger partial charge in [0.1, 0.15) is 11.3 Å². The number of nitrogens with one attached hydrogen (secondary N) is 1. The summed E-state index contributed by atoms with van der Waals surface area (Å²) in [5.74, 6) is -0.913. The van der Waals surface area contributed by atoms with Crippen LogP contribution in [-0.2, 0) is 6.42 Å². The van der Waals surface area contributed by atoms with E-state index >= 15 is 0 Å². The second kappa shape index (κ2) is 7.17. The van der Waals surface area contributed by atoms with E-state index in [1.807, 2.05) is 24.3 Å². The Morgan fingerprint density at radius 3 is 2.62 bits per heavy atom. The molecule has 0 bridgehead atoms. The molecule has 0 radical (unpaired) electrons. The minimum atomic E-state index is -0.511. The summed E-state index contributed by atoms with van der Waals surface area (Å²) in [5, 5.41) is 2.79. The molecule has 1 aromatic heterocycles. The average molecular weight is 323 g/mol. The van der Waals surface area contributed by atoms with E-state index in [1.165, 1.54) is 30.1 Å². The lowest BCUT2D eigenvalue weighted by Crippen LogP contribution is -2.13. The SMILES string of the molecule is CCCCc1ccc(NC(=O)c2cc(F)cc3nccnc23)cc1. The average Bonchev–Trinajstić information content (AvgIpc) is 2.60. The Balaban J connectivity index is 1.82. The first kappa shape index (κ1) is 16.1. The number of carbonyl (C=O) groups is 1. The number of halogens is 1. The number of rotatable bonds is 5. The summed E-state index contributed by atoms with van der Waals surface area (Å²) in [7, 11) is 0. The van der Waals surface area contributed by atoms with Gasteiger partial charge in [-0.2, -0.15) is 0 Å². The zero-order chi connectivity index (χ0) is 16.9. The molecule has 0 atom stereocenters. The van der Waals surface area contributed by atoms with Crippen LogP contribution in [0.1, 0.15) is 35.7 Å². The van der Waals surface area contributed by atoms with Gasteiger partial charge >= 0.3 is 0 Å². The summed E-state index contributed by atoms with van der Waals surface area (Å²) in [6.07, 6.45) is 6.26. The third kappa shape index (κ3) is 3.56. The van der Waals surface area contributed by atoms with Crippen molar-refractivity contribution >= 4 is 22.6 Å². The highest BCUT2D eigenvalue weighted by atomic mass is 19.1. The van der Waals surface area contributed by atoms with Crippen LogP contribution in [0.25, 0.3) is 11.0 Å². The van der Waals surface area contributed by atoms with Crippen molar-refractivity contribution in [2.24, 2.45) is 0 Å². The van der Waals surface area contributed by atoms with E-state index in [0.29, 0.717) is 16.7 Å². The van der Waals surface area contributed by atoms with Crippen molar-refractivity contribution in [3.05, 3.63) is 65.7 Å². The van der Waals surface area contributed by atoms with Gasteiger partial charge in [-0.25, -0.2) is 4.39 Å². The highest BCUT2D eigenvalue weighted by molar-refractivity contribution is 6.11. The van der Waals surface area contributed by atoms with Gasteiger partial charge in [-0.05, 0) is 36.6 Å². The molecule has 0 aliphatic heterocycles. The number of aromatic nitrogens is 2. The molecule has 4 nitrogen and oxygen atoms in total. The van der Waals surface area contributed by atoms with Gasteiger partial charge in [0.2, 0.25) is 0 Å². The summed E-state index contributed by atoms with van der Waals surface area (Å²) in [6, 6.07) is 10.2. The molecule has 0 unspecified atom stereocenters. The fourth-order valence-corrected chi connectivity index (χ4v) is 2.55. The molecular weight excluding hydrogens is 305 g/mol. The van der Waals surface area contributed by atoms with Crippen LogP contribution in [0.3, 0.4) is 0 Å². The fourth-order valence-electron chi connectivity index (χ4n) is 2.55. The summed E-state index contributed by atoms with van der Waals surface area (Å²) < 4.78 is 13.7. The molecule has 3 aromatic rings. The molecule has 24 heavy (non-hydrogen) atoms. The van der Waals surface area contributed by atoms with Gasteiger partial charge in [-0.1, -0.05) is 25.5 Å². The lowest BCUT2D eigenvalue weighted by molar-refractivity contribution is 0.102. The van der Waals surface area contributed by atoms with Crippen LogP contribution in [0.15, 0.2) is 48.8 Å². The lowest BCUT2D eigenvalue weighted by Gasteiger charge is -2.08. The zero-order valence-corrected chi connectivity index (χ0v) is 13.4. The van der Waals surface area contributed by atoms with E-state index in [9.17, 15) is 9.18 Å². The van der Waals surface area contributed by atoms with Crippen molar-refractivity contribution in [2.75, 3.05) is 5.32 Å². The number of unbranched alkanes of at least 4 members (excludes halogenated alkanes) is 1. The molecule has 1 heterocycles. The van der Waals surface area contributed by atoms with E-state index in [4.69, 9.17) is 0 Å². The summed E-state index contributed by atoms with van der Waals surface area (Å²) in [6.45, 7) is 2.15. The van der Waals surface area contributed by atoms with Gasteiger partial charge in [0, 0.05) is 24.1 Å². The van der Waals surface area contributed by atoms with Crippen LogP contribution in [-0.4, -0.2) is 15.9 Å². The topological polar surface area (TPSA) is 54.9 Å². The molecule has 0 aliphatic rings. The maximum absolute atomic E-state index is 13.7. The van der Waals surface area contributed by atoms with Gasteiger partial charge in [0.25, 0.3) is 5.91 Å². The lowest BCUT2D eigenvalue weighted by atomic mass is 10.1. The minimum absolute atomic E-state index is 0.174. The van der Waals surface area contributed by atoms with E-state index in [2.05, 4.69) is 22.2 Å². The van der Waals surface area contributed by atoms with Crippen LogP contribution in [0, 0.1) is 5.82 Å². The van der Waals surface area contributed by atoms with Gasteiger partial charge in [-0.3, -0.25) is 14.8 Å². The highest BCUT2D eigenvalue weighted by Gasteiger charge is 2.14. The fraction of sp³-hybridized carbons (Fsp3) is 0.211. The Labute approximate surface area is 139 Å². The Kier molecular flexibility index (Phi) is 4.79. The second-order valence-electron chi connectivity index (χ2n) is 5.63. The molecule has 5 heteroatoms. The number of hydrogen-bond acceptors (Lipinski definition) is 3. The molecule has 0 saturated carbocycles. The van der Waals surface area contributed by atoms with Crippen LogP contribution in [0.4, 0.5) is 10.1 Å². The monoisotopic (exact) mass is 323 g/mol. The number of carbonyl (C=O) groups excluding carboxylic acids is 1. The molecule has 2 aromatic carbocycles. The number of aryl methyl sites for hydroxylation is 1. The Hall–Kier alpha value is -2.82. The largest absolute Gasteiger partial charge is 0.322 e. The minimum Gasteiger partial charge on any atom is -0.322 e. The number of nitrogens with zero attached hydrogens (tertiary/aromatic N) is 2. The third-order valence-corrected chi connectivity index (χ3v) is 3.81. The molecule has 1 N–H and O–H groups in total. The molecule has 122 valence electrons. The van der Waals surface area contributed by atoms with Crippen molar-refractivity contribution in [1.29, 1.82) is 0 Å². The number of benzene rings is 2. The number of amides is 1. The molecule has 0 saturated heterocycles. The maximum Gasteiger partial charge on any atom is 0.258 e. The summed E-state index contributed by atoms with van der Waals surface area (Å²) >= 11 is 0. The number of hydrogen-bond donors (Lipinski definition) is 1. The van der Waals surface area contributed by atoms with Gasteiger partial charge < -0.3 is 5.32 Å². The van der Waals surface area contributed by atoms with Crippen molar-refractivity contribution in [2.45, 2.75) is 26.2 Å². The van der Waals surface area contributed by atoms with Crippen LogP contribution >= 0.6 is 0 Å². The van der Waals surface area contributed by atoms with Crippen molar-refractivity contribution in [3.63, 3.8) is 0 Å². The smallest absolute Gasteiger partial charge is 0.258 e. The first-order valence-electron chi connectivity index (χ1n) is 7.98. The second-order valence-corrected chi connectivity index (χ2v) is 5.63. The Morgan fingerprint density at radius 1 is 1.12 bits per heavy atom.